The molecule has 14 nitrogen and oxygen atoms in total. The lowest BCUT2D eigenvalue weighted by Gasteiger charge is -2.30. The van der Waals surface area contributed by atoms with Crippen molar-refractivity contribution in [3.05, 3.63) is 59.4 Å². The SMILES string of the molecule is CCC.COC(=O)NC(C(=O)N1CCCC1c1ncc(-c2ccc(-c3ccc(-c4cnc([C@@H]5CCCN5C)[nH]4)s3)c3c2C2CCC3C2)[nH]1)C(C)C.COC(=O)NCC=O. The minimum absolute atomic E-state index is 0.00662. The smallest absolute Gasteiger partial charge is 0.407 e. The topological polar surface area (TPSA) is 175 Å². The number of carbonyl (C=O) groups is 4. The van der Waals surface area contributed by atoms with Gasteiger partial charge in [0.05, 0.1) is 61.5 Å². The van der Waals surface area contributed by atoms with Crippen molar-refractivity contribution < 1.29 is 28.7 Å². The molecule has 5 atom stereocenters. The number of hydrogen-bond donors (Lipinski definition) is 4. The summed E-state index contributed by atoms with van der Waals surface area (Å²) in [7, 11) is 4.74. The number of rotatable bonds is 10. The maximum atomic E-state index is 13.7. The number of alkyl carbamates (subject to hydrolysis) is 2. The first-order valence-electron chi connectivity index (χ1n) is 21.0. The van der Waals surface area contributed by atoms with Gasteiger partial charge in [-0.05, 0) is 105 Å². The minimum atomic E-state index is -0.652. The number of ether oxygens (including phenoxy) is 2. The molecule has 2 saturated heterocycles. The fourth-order valence-corrected chi connectivity index (χ4v) is 10.0. The number of benzene rings is 1. The van der Waals surface area contributed by atoms with Crippen LogP contribution in [0.2, 0.25) is 0 Å². The summed E-state index contributed by atoms with van der Waals surface area (Å²) in [5.74, 6) is 2.86. The molecule has 15 heteroatoms. The van der Waals surface area contributed by atoms with Crippen LogP contribution in [0.15, 0.2) is 36.7 Å². The molecular weight excluding hydrogens is 769 g/mol. The number of hydrogen-bond acceptors (Lipinski definition) is 10. The van der Waals surface area contributed by atoms with Crippen LogP contribution in [0.5, 0.6) is 0 Å². The van der Waals surface area contributed by atoms with Gasteiger partial charge in [0.1, 0.15) is 24.0 Å². The van der Waals surface area contributed by atoms with Gasteiger partial charge < -0.3 is 39.8 Å². The number of aromatic nitrogens is 4. The summed E-state index contributed by atoms with van der Waals surface area (Å²) in [6.07, 6.45) is 12.4. The Hall–Kier alpha value is -5.02. The van der Waals surface area contributed by atoms with E-state index in [0.29, 0.717) is 30.7 Å². The molecule has 59 heavy (non-hydrogen) atoms. The molecule has 4 N–H and O–H groups in total. The Morgan fingerprint density at radius 2 is 1.44 bits per heavy atom. The van der Waals surface area contributed by atoms with Crippen molar-refractivity contribution in [1.29, 1.82) is 0 Å². The lowest BCUT2D eigenvalue weighted by molar-refractivity contribution is -0.135. The lowest BCUT2D eigenvalue weighted by atomic mass is 9.84. The summed E-state index contributed by atoms with van der Waals surface area (Å²) >= 11 is 1.85. The number of carbonyl (C=O) groups excluding carboxylic acids is 4. The zero-order valence-corrected chi connectivity index (χ0v) is 36.2. The summed E-state index contributed by atoms with van der Waals surface area (Å²) in [5, 5.41) is 4.90. The molecule has 318 valence electrons. The van der Waals surface area contributed by atoms with Crippen LogP contribution in [-0.2, 0) is 19.1 Å². The zero-order valence-electron chi connectivity index (χ0n) is 35.4. The normalized spacial score (nSPS) is 20.9. The number of thiophene rings is 1. The Morgan fingerprint density at radius 1 is 0.847 bits per heavy atom. The van der Waals surface area contributed by atoms with Crippen LogP contribution >= 0.6 is 11.3 Å². The second-order valence-corrected chi connectivity index (χ2v) is 17.2. The second-order valence-electron chi connectivity index (χ2n) is 16.2. The Balaban J connectivity index is 0.000000473. The summed E-state index contributed by atoms with van der Waals surface area (Å²) in [6, 6.07) is 8.69. The molecule has 2 aliphatic heterocycles. The molecule has 4 aromatic rings. The Bertz CT molecular complexity index is 2070. The van der Waals surface area contributed by atoms with E-state index < -0.39 is 18.2 Å². The maximum absolute atomic E-state index is 13.7. The van der Waals surface area contributed by atoms with Gasteiger partial charge in [0.2, 0.25) is 5.91 Å². The van der Waals surface area contributed by atoms with Crippen molar-refractivity contribution in [2.24, 2.45) is 5.92 Å². The van der Waals surface area contributed by atoms with E-state index in [9.17, 15) is 19.2 Å². The number of aldehydes is 1. The van der Waals surface area contributed by atoms with Crippen molar-refractivity contribution in [3.8, 4) is 32.3 Å². The maximum Gasteiger partial charge on any atom is 0.407 e. The van der Waals surface area contributed by atoms with Crippen molar-refractivity contribution in [2.45, 2.75) is 109 Å². The van der Waals surface area contributed by atoms with Gasteiger partial charge in [-0.15, -0.1) is 11.3 Å². The molecule has 4 unspecified atom stereocenters. The van der Waals surface area contributed by atoms with Crippen LogP contribution in [0.3, 0.4) is 0 Å². The quantitative estimate of drug-likeness (QED) is 0.115. The Morgan fingerprint density at radius 3 is 2.08 bits per heavy atom. The Kier molecular flexibility index (Phi) is 14.6. The molecule has 4 aliphatic rings. The van der Waals surface area contributed by atoms with Crippen LogP contribution in [0, 0.1) is 5.92 Å². The molecule has 2 aliphatic carbocycles. The largest absolute Gasteiger partial charge is 0.453 e. The summed E-state index contributed by atoms with van der Waals surface area (Å²) in [4.78, 5) is 69.0. The van der Waals surface area contributed by atoms with Crippen molar-refractivity contribution >= 4 is 35.7 Å². The number of nitrogens with one attached hydrogen (secondary N) is 4. The Labute approximate surface area is 351 Å². The van der Waals surface area contributed by atoms with E-state index >= 15 is 0 Å². The third-order valence-corrected chi connectivity index (χ3v) is 12.9. The van der Waals surface area contributed by atoms with Crippen LogP contribution in [0.25, 0.3) is 32.3 Å². The molecular formula is C44H60N8O6S. The molecule has 3 fully saturated rings. The highest BCUT2D eigenvalue weighted by Gasteiger charge is 2.42. The third kappa shape index (κ3) is 9.57. The average Bonchev–Trinajstić information content (AvgIpc) is 4.08. The molecule has 2 bridgehead atoms. The lowest BCUT2D eigenvalue weighted by Crippen LogP contribution is -2.51. The first kappa shape index (κ1) is 43.6. The first-order valence-corrected chi connectivity index (χ1v) is 21.8. The highest BCUT2D eigenvalue weighted by Crippen LogP contribution is 2.58. The average molecular weight is 829 g/mol. The predicted octanol–water partition coefficient (Wildman–Crippen LogP) is 8.33. The van der Waals surface area contributed by atoms with Gasteiger partial charge >= 0.3 is 12.2 Å². The number of fused-ring (bicyclic) bond motifs is 5. The van der Waals surface area contributed by atoms with Gasteiger partial charge in [-0.2, -0.15) is 0 Å². The highest BCUT2D eigenvalue weighted by molar-refractivity contribution is 7.18. The zero-order chi connectivity index (χ0) is 42.2. The number of aromatic amines is 2. The summed E-state index contributed by atoms with van der Waals surface area (Å²) < 4.78 is 8.94. The van der Waals surface area contributed by atoms with E-state index in [-0.39, 0.29) is 24.4 Å². The number of methoxy groups -OCH3 is 2. The fourth-order valence-electron chi connectivity index (χ4n) is 9.02. The van der Waals surface area contributed by atoms with Crippen LogP contribution < -0.4 is 10.6 Å². The highest BCUT2D eigenvalue weighted by atomic mass is 32.1. The number of imidazole rings is 2. The van der Waals surface area contributed by atoms with Gasteiger partial charge in [0.25, 0.3) is 0 Å². The number of amides is 3. The molecule has 3 amide bonds. The standard InChI is InChI=1S/C37H45N7O3S.C4H7NO3.C3H8/c1-20(2)33(42-37(46)47-4)36(45)44-16-6-8-28(44)35-38-18-25(40-35)23-11-12-24(32-22-10-9-21(17-22)31(23)32)29-13-14-30(48-29)26-19-39-34(41-26)27-7-5-15-43(27)3;1-8-4(7)5-2-3-6;1-3-2/h11-14,18-22,27-28,33H,5-10,15-17H2,1-4H3,(H,38,40)(H,39,41)(H,42,46);3H,2H2,1H3,(H,5,7);3H2,1-2H3/t21?,22?,27-,28?,33?;;/m0../s1. The van der Waals surface area contributed by atoms with Crippen molar-refractivity contribution in [2.75, 3.05) is 40.9 Å². The second kappa shape index (κ2) is 19.8. The van der Waals surface area contributed by atoms with E-state index in [1.165, 1.54) is 78.3 Å². The molecule has 3 aromatic heterocycles. The van der Waals surface area contributed by atoms with E-state index in [2.05, 4.69) is 75.4 Å². The molecule has 1 aromatic carbocycles. The molecule has 5 heterocycles. The third-order valence-electron chi connectivity index (χ3n) is 11.7. The molecule has 0 spiro atoms. The van der Waals surface area contributed by atoms with E-state index in [4.69, 9.17) is 14.7 Å². The van der Waals surface area contributed by atoms with Crippen molar-refractivity contribution in [1.82, 2.24) is 40.4 Å². The van der Waals surface area contributed by atoms with Crippen LogP contribution in [-0.4, -0.2) is 101 Å². The fraction of sp³-hybridized carbons (Fsp3) is 0.545. The first-order chi connectivity index (χ1) is 28.5. The predicted molar refractivity (Wildman–Crippen MR) is 229 cm³/mol. The van der Waals surface area contributed by atoms with Gasteiger partial charge in [-0.1, -0.05) is 46.2 Å². The summed E-state index contributed by atoms with van der Waals surface area (Å²) in [6.45, 7) is 9.90. The van der Waals surface area contributed by atoms with E-state index in [1.54, 1.807) is 0 Å². The van der Waals surface area contributed by atoms with Crippen LogP contribution in [0.1, 0.15) is 126 Å². The molecule has 1 saturated carbocycles. The van der Waals surface area contributed by atoms with Gasteiger partial charge in [0, 0.05) is 17.0 Å². The van der Waals surface area contributed by atoms with Crippen molar-refractivity contribution in [3.63, 3.8) is 0 Å². The monoisotopic (exact) mass is 828 g/mol. The number of likely N-dealkylation sites (tertiary alicyclic amines) is 2. The van der Waals surface area contributed by atoms with E-state index in [1.807, 2.05) is 42.5 Å². The number of nitrogens with zero attached hydrogens (tertiary/aromatic N) is 4. The summed E-state index contributed by atoms with van der Waals surface area (Å²) in [5.41, 5.74) is 7.69. The minimum Gasteiger partial charge on any atom is -0.453 e. The van der Waals surface area contributed by atoms with E-state index in [0.717, 1.165) is 48.8 Å². The van der Waals surface area contributed by atoms with Gasteiger partial charge in [-0.25, -0.2) is 19.6 Å². The van der Waals surface area contributed by atoms with Crippen LogP contribution in [0.4, 0.5) is 9.59 Å². The van der Waals surface area contributed by atoms with Gasteiger partial charge in [0.15, 0.2) is 0 Å². The number of H-pyrrole nitrogens is 2. The molecule has 8 rings (SSSR count). The van der Waals surface area contributed by atoms with Gasteiger partial charge in [-0.3, -0.25) is 9.69 Å². The molecule has 0 radical (unpaired) electrons.